The summed E-state index contributed by atoms with van der Waals surface area (Å²) >= 11 is 3.63. The molecule has 7 heteroatoms. The molecule has 1 aliphatic heterocycles. The van der Waals surface area contributed by atoms with Gasteiger partial charge in [0.15, 0.2) is 0 Å². The van der Waals surface area contributed by atoms with Crippen molar-refractivity contribution in [1.82, 2.24) is 0 Å². The van der Waals surface area contributed by atoms with Gasteiger partial charge >= 0.3 is 0 Å². The second-order valence-electron chi connectivity index (χ2n) is 9.59. The lowest BCUT2D eigenvalue weighted by Crippen LogP contribution is -2.68. The molecule has 0 N–H and O–H groups in total. The Hall–Kier alpha value is -4.11. The summed E-state index contributed by atoms with van der Waals surface area (Å²) in [5, 5.41) is 0. The van der Waals surface area contributed by atoms with E-state index in [9.17, 15) is 0 Å². The standard InChI is InChI=1S/C37H27S2.ClHO4/c1-5-14-28(15-6-1)32-24-34(38-36(26-32)30-18-9-3-10-19-30)22-13-23-35-25-33(29-16-7-2-8-17-29)27-37(39-35)31-20-11-4-12-21-31;2-1(3,4)5/h1-27H;(H,2,3,4,5)/q+1;/p-1. The quantitative estimate of drug-likeness (QED) is 0.202. The summed E-state index contributed by atoms with van der Waals surface area (Å²) in [6, 6.07) is 47.1. The molecule has 2 heterocycles. The van der Waals surface area contributed by atoms with Crippen LogP contribution in [0.5, 0.6) is 0 Å². The van der Waals surface area contributed by atoms with Crippen LogP contribution < -0.4 is 18.6 Å². The maximum atomic E-state index is 8.49. The van der Waals surface area contributed by atoms with Gasteiger partial charge in [-0.1, -0.05) is 127 Å². The van der Waals surface area contributed by atoms with Crippen LogP contribution in [-0.4, -0.2) is 0 Å². The first-order valence-corrected chi connectivity index (χ1v) is 16.5. The van der Waals surface area contributed by atoms with Crippen LogP contribution in [0, 0.1) is 10.2 Å². The highest BCUT2D eigenvalue weighted by Crippen LogP contribution is 2.42. The van der Waals surface area contributed by atoms with E-state index in [0.717, 1.165) is 0 Å². The van der Waals surface area contributed by atoms with Gasteiger partial charge in [-0.2, -0.15) is 0 Å². The van der Waals surface area contributed by atoms with Crippen LogP contribution >= 0.6 is 23.1 Å². The van der Waals surface area contributed by atoms with Gasteiger partial charge in [0.25, 0.3) is 0 Å². The van der Waals surface area contributed by atoms with Crippen molar-refractivity contribution in [1.29, 1.82) is 0 Å². The van der Waals surface area contributed by atoms with Crippen molar-refractivity contribution >= 4 is 39.7 Å². The third-order valence-corrected chi connectivity index (χ3v) is 8.60. The van der Waals surface area contributed by atoms with E-state index in [1.807, 2.05) is 23.1 Å². The first-order chi connectivity index (χ1) is 21.3. The maximum absolute atomic E-state index is 8.49. The SMILES string of the molecule is C1=C(c2ccccc2)C=C(c2ccccc2)S/C1=C\C=C\c1cc(-c2ccccc2)cc(-c2ccccc2)[s+]1.[O-][Cl+3]([O-])([O-])[O-]. The Morgan fingerprint density at radius 1 is 0.545 bits per heavy atom. The van der Waals surface area contributed by atoms with Gasteiger partial charge in [0.1, 0.15) is 0 Å². The summed E-state index contributed by atoms with van der Waals surface area (Å²) in [4.78, 5) is 4.96. The van der Waals surface area contributed by atoms with E-state index >= 15 is 0 Å². The predicted molar refractivity (Wildman–Crippen MR) is 173 cm³/mol. The molecule has 4 aromatic carbocycles. The highest BCUT2D eigenvalue weighted by Gasteiger charge is 2.16. The molecule has 0 unspecified atom stereocenters. The van der Waals surface area contributed by atoms with E-state index in [1.165, 1.54) is 53.0 Å². The van der Waals surface area contributed by atoms with Crippen LogP contribution in [0.2, 0.25) is 0 Å². The molecule has 1 aromatic heterocycles. The molecule has 4 nitrogen and oxygen atoms in total. The van der Waals surface area contributed by atoms with E-state index in [2.05, 4.69) is 164 Å². The lowest BCUT2D eigenvalue weighted by atomic mass is 10.0. The summed E-state index contributed by atoms with van der Waals surface area (Å²) in [5.74, 6) is 0. The molecule has 0 amide bonds. The Labute approximate surface area is 267 Å². The zero-order valence-electron chi connectivity index (χ0n) is 23.4. The fourth-order valence-corrected chi connectivity index (χ4v) is 6.58. The second kappa shape index (κ2) is 15.1. The second-order valence-corrected chi connectivity index (χ2v) is 12.6. The molecule has 0 atom stereocenters. The van der Waals surface area contributed by atoms with E-state index in [-0.39, 0.29) is 0 Å². The number of hydrogen-bond acceptors (Lipinski definition) is 5. The molecular formula is C37H27ClO4S2. The molecule has 218 valence electrons. The Morgan fingerprint density at radius 2 is 1.05 bits per heavy atom. The average molecular weight is 635 g/mol. The molecule has 44 heavy (non-hydrogen) atoms. The molecule has 0 bridgehead atoms. The fourth-order valence-electron chi connectivity index (χ4n) is 4.53. The van der Waals surface area contributed by atoms with Gasteiger partial charge in [0.2, 0.25) is 21.1 Å². The van der Waals surface area contributed by atoms with Gasteiger partial charge in [0, 0.05) is 33.6 Å². The third kappa shape index (κ3) is 9.44. The van der Waals surface area contributed by atoms with Crippen LogP contribution in [0.4, 0.5) is 0 Å². The van der Waals surface area contributed by atoms with Gasteiger partial charge in [-0.05, 0) is 58.2 Å². The Bertz CT molecular complexity index is 1730. The van der Waals surface area contributed by atoms with Crippen molar-refractivity contribution in [3.8, 4) is 21.6 Å². The first kappa shape index (κ1) is 31.3. The Kier molecular flexibility index (Phi) is 10.7. The van der Waals surface area contributed by atoms with Gasteiger partial charge in [-0.3, -0.25) is 0 Å². The molecule has 0 fully saturated rings. The highest BCUT2D eigenvalue weighted by atomic mass is 35.7. The molecule has 0 radical (unpaired) electrons. The Balaban J connectivity index is 0.000000712. The minimum Gasteiger partial charge on any atom is -0.222 e. The van der Waals surface area contributed by atoms with Crippen molar-refractivity contribution in [2.24, 2.45) is 0 Å². The Morgan fingerprint density at radius 3 is 1.61 bits per heavy atom. The largest absolute Gasteiger partial charge is 0.239 e. The minimum absolute atomic E-state index is 1.22. The summed E-state index contributed by atoms with van der Waals surface area (Å²) in [6.45, 7) is 0. The smallest absolute Gasteiger partial charge is 0.222 e. The lowest BCUT2D eigenvalue weighted by molar-refractivity contribution is -2.00. The number of halogens is 1. The monoisotopic (exact) mass is 634 g/mol. The predicted octanol–water partition coefficient (Wildman–Crippen LogP) is 6.38. The number of benzene rings is 4. The van der Waals surface area contributed by atoms with Crippen LogP contribution in [-0.2, 0) is 0 Å². The zero-order valence-corrected chi connectivity index (χ0v) is 25.8. The van der Waals surface area contributed by atoms with Crippen molar-refractivity contribution in [3.63, 3.8) is 0 Å². The fraction of sp³-hybridized carbons (Fsp3) is 0. The summed E-state index contributed by atoms with van der Waals surface area (Å²) in [5.41, 5.74) is 7.40. The number of hydrogen-bond donors (Lipinski definition) is 0. The zero-order chi connectivity index (χ0) is 30.8. The topological polar surface area (TPSA) is 92.2 Å². The molecule has 0 saturated heterocycles. The van der Waals surface area contributed by atoms with Crippen LogP contribution in [0.1, 0.15) is 16.0 Å². The van der Waals surface area contributed by atoms with Crippen molar-refractivity contribution in [2.45, 2.75) is 0 Å². The molecule has 0 spiro atoms. The third-order valence-electron chi connectivity index (χ3n) is 6.48. The summed E-state index contributed by atoms with van der Waals surface area (Å²) < 4.78 is 34.0. The lowest BCUT2D eigenvalue weighted by Gasteiger charge is -2.17. The maximum Gasteiger partial charge on any atom is 0.239 e. The minimum atomic E-state index is -4.94. The highest BCUT2D eigenvalue weighted by molar-refractivity contribution is 8.12. The molecular weight excluding hydrogens is 608 g/mol. The van der Waals surface area contributed by atoms with E-state index in [1.54, 1.807) is 0 Å². The molecule has 6 rings (SSSR count). The number of allylic oxidation sites excluding steroid dienone is 5. The van der Waals surface area contributed by atoms with Gasteiger partial charge in [0.05, 0.1) is 0 Å². The molecule has 0 aliphatic carbocycles. The van der Waals surface area contributed by atoms with Crippen molar-refractivity contribution in [2.75, 3.05) is 0 Å². The normalized spacial score (nSPS) is 14.0. The van der Waals surface area contributed by atoms with Crippen molar-refractivity contribution in [3.05, 3.63) is 179 Å². The summed E-state index contributed by atoms with van der Waals surface area (Å²) in [7, 11) is -4.94. The van der Waals surface area contributed by atoms with E-state index < -0.39 is 10.2 Å². The van der Waals surface area contributed by atoms with Crippen molar-refractivity contribution < 1.29 is 28.9 Å². The van der Waals surface area contributed by atoms with Gasteiger partial charge < -0.3 is 0 Å². The van der Waals surface area contributed by atoms with Gasteiger partial charge in [-0.15, -0.1) is 10.2 Å². The molecule has 0 saturated carbocycles. The molecule has 5 aromatic rings. The number of thioether (sulfide) groups is 1. The van der Waals surface area contributed by atoms with E-state index in [4.69, 9.17) is 18.6 Å². The van der Waals surface area contributed by atoms with Gasteiger partial charge in [-0.25, -0.2) is 18.6 Å². The summed E-state index contributed by atoms with van der Waals surface area (Å²) in [6.07, 6.45) is 11.2. The van der Waals surface area contributed by atoms with E-state index in [0.29, 0.717) is 0 Å². The van der Waals surface area contributed by atoms with Crippen LogP contribution in [0.3, 0.4) is 0 Å². The van der Waals surface area contributed by atoms with Crippen LogP contribution in [0.25, 0.3) is 38.1 Å². The first-order valence-electron chi connectivity index (χ1n) is 13.6. The van der Waals surface area contributed by atoms with Crippen LogP contribution in [0.15, 0.2) is 163 Å². The average Bonchev–Trinajstić information content (AvgIpc) is 3.05. The number of rotatable bonds is 6. The molecule has 1 aliphatic rings.